The van der Waals surface area contributed by atoms with Crippen molar-refractivity contribution < 1.29 is 13.2 Å². The number of carbonyl (C=O) groups excluding carboxylic acids is 1. The topological polar surface area (TPSA) is 54.5 Å². The second-order valence-corrected chi connectivity index (χ2v) is 9.96. The van der Waals surface area contributed by atoms with E-state index in [0.29, 0.717) is 6.42 Å². The Bertz CT molecular complexity index is 895. The van der Waals surface area contributed by atoms with E-state index in [2.05, 4.69) is 18.2 Å². The number of hydrogen-bond acceptors (Lipinski definition) is 4. The number of carbonyl (C=O) groups is 1. The molecule has 1 amide bonds. The number of thioether (sulfide) groups is 1. The van der Waals surface area contributed by atoms with E-state index in [0.717, 1.165) is 21.7 Å². The summed E-state index contributed by atoms with van der Waals surface area (Å²) in [4.78, 5) is 15.8. The fourth-order valence-electron chi connectivity index (χ4n) is 3.20. The van der Waals surface area contributed by atoms with E-state index < -0.39 is 9.84 Å². The van der Waals surface area contributed by atoms with Crippen molar-refractivity contribution in [2.24, 2.45) is 0 Å². The lowest BCUT2D eigenvalue weighted by molar-refractivity contribution is -0.116. The number of amides is 1. The fourth-order valence-corrected chi connectivity index (χ4v) is 5.88. The maximum atomic E-state index is 13.0. The van der Waals surface area contributed by atoms with Crippen LogP contribution in [0.25, 0.3) is 0 Å². The maximum Gasteiger partial charge on any atom is 0.237 e. The molecule has 1 aliphatic heterocycles. The molecule has 0 saturated carbocycles. The third-order valence-electron chi connectivity index (χ3n) is 4.57. The van der Waals surface area contributed by atoms with E-state index in [4.69, 9.17) is 0 Å². The molecule has 4 nitrogen and oxygen atoms in total. The molecule has 26 heavy (non-hydrogen) atoms. The number of nitrogens with zero attached hydrogens (tertiary/aromatic N) is 1. The summed E-state index contributed by atoms with van der Waals surface area (Å²) in [6.45, 7) is 4.07. The molecule has 138 valence electrons. The van der Waals surface area contributed by atoms with Crippen molar-refractivity contribution in [3.8, 4) is 0 Å². The van der Waals surface area contributed by atoms with Crippen molar-refractivity contribution in [1.82, 2.24) is 0 Å². The van der Waals surface area contributed by atoms with Crippen LogP contribution in [0.3, 0.4) is 0 Å². The zero-order valence-electron chi connectivity index (χ0n) is 15.0. The minimum Gasteiger partial charge on any atom is -0.308 e. The molecule has 1 unspecified atom stereocenters. The lowest BCUT2D eigenvalue weighted by Gasteiger charge is -2.28. The van der Waals surface area contributed by atoms with Crippen molar-refractivity contribution in [2.45, 2.75) is 31.2 Å². The Hall–Kier alpha value is -1.79. The molecular weight excluding hydrogens is 366 g/mol. The van der Waals surface area contributed by atoms with E-state index in [1.54, 1.807) is 4.90 Å². The number of rotatable bonds is 5. The molecule has 0 aliphatic carbocycles. The Labute approximate surface area is 159 Å². The number of hydrogen-bond donors (Lipinski definition) is 0. The van der Waals surface area contributed by atoms with E-state index in [1.807, 2.05) is 44.2 Å². The second-order valence-electron chi connectivity index (χ2n) is 6.71. The number of para-hydroxylation sites is 1. The van der Waals surface area contributed by atoms with Crippen molar-refractivity contribution in [1.29, 1.82) is 0 Å². The molecule has 1 saturated heterocycles. The van der Waals surface area contributed by atoms with Crippen LogP contribution in [0.15, 0.2) is 53.4 Å². The van der Waals surface area contributed by atoms with E-state index >= 15 is 0 Å². The standard InChI is InChI=1S/C20H23NO3S2/c1-15-8-9-16(2)19(12-15)25-13-20(22)21(17-6-4-3-5-7-17)18-10-11-26(23,24)14-18/h3-9,12,18H,10-11,13-14H2,1-2H3. The van der Waals surface area contributed by atoms with Crippen LogP contribution in [0.4, 0.5) is 5.69 Å². The first-order valence-electron chi connectivity index (χ1n) is 8.63. The van der Waals surface area contributed by atoms with Gasteiger partial charge in [0.15, 0.2) is 9.84 Å². The average molecular weight is 390 g/mol. The summed E-state index contributed by atoms with van der Waals surface area (Å²) in [5.74, 6) is 0.430. The van der Waals surface area contributed by atoms with Crippen LogP contribution in [0.1, 0.15) is 17.5 Å². The van der Waals surface area contributed by atoms with Crippen molar-refractivity contribution >= 4 is 33.2 Å². The summed E-state index contributed by atoms with van der Waals surface area (Å²) >= 11 is 1.51. The molecule has 1 aliphatic rings. The van der Waals surface area contributed by atoms with Crippen molar-refractivity contribution in [2.75, 3.05) is 22.2 Å². The molecule has 0 bridgehead atoms. The van der Waals surface area contributed by atoms with Gasteiger partial charge in [-0.05, 0) is 44.0 Å². The molecule has 0 aromatic heterocycles. The van der Waals surface area contributed by atoms with Crippen LogP contribution in [0.5, 0.6) is 0 Å². The first-order valence-corrected chi connectivity index (χ1v) is 11.4. The van der Waals surface area contributed by atoms with Crippen molar-refractivity contribution in [3.63, 3.8) is 0 Å². The highest BCUT2D eigenvalue weighted by molar-refractivity contribution is 8.00. The predicted molar refractivity (Wildman–Crippen MR) is 108 cm³/mol. The first-order chi connectivity index (χ1) is 12.4. The van der Waals surface area contributed by atoms with Gasteiger partial charge in [0.05, 0.1) is 23.3 Å². The lowest BCUT2D eigenvalue weighted by atomic mass is 10.2. The van der Waals surface area contributed by atoms with Gasteiger partial charge < -0.3 is 4.90 Å². The zero-order valence-corrected chi connectivity index (χ0v) is 16.6. The van der Waals surface area contributed by atoms with Gasteiger partial charge in [-0.2, -0.15) is 0 Å². The van der Waals surface area contributed by atoms with Gasteiger partial charge in [0, 0.05) is 10.6 Å². The normalized spacial score (nSPS) is 18.6. The first kappa shape index (κ1) is 19.0. The molecule has 2 aromatic carbocycles. The SMILES string of the molecule is Cc1ccc(C)c(SCC(=O)N(c2ccccc2)C2CCS(=O)(=O)C2)c1. The maximum absolute atomic E-state index is 13.0. The van der Waals surface area contributed by atoms with Crippen LogP contribution in [-0.2, 0) is 14.6 Å². The largest absolute Gasteiger partial charge is 0.308 e. The van der Waals surface area contributed by atoms with E-state index in [-0.39, 0.29) is 29.2 Å². The van der Waals surface area contributed by atoms with Gasteiger partial charge in [0.25, 0.3) is 0 Å². The third-order valence-corrected chi connectivity index (χ3v) is 7.46. The summed E-state index contributed by atoms with van der Waals surface area (Å²) in [5, 5.41) is 0. The quantitative estimate of drug-likeness (QED) is 0.733. The Balaban J connectivity index is 1.80. The molecule has 6 heteroatoms. The monoisotopic (exact) mass is 389 g/mol. The summed E-state index contributed by atoms with van der Waals surface area (Å²) in [6, 6.07) is 15.3. The van der Waals surface area contributed by atoms with Gasteiger partial charge in [0.1, 0.15) is 0 Å². The van der Waals surface area contributed by atoms with Gasteiger partial charge in [-0.1, -0.05) is 35.9 Å². The molecule has 1 atom stereocenters. The van der Waals surface area contributed by atoms with E-state index in [9.17, 15) is 13.2 Å². The number of anilines is 1. The smallest absolute Gasteiger partial charge is 0.237 e. The molecule has 0 spiro atoms. The second kappa shape index (κ2) is 7.84. The van der Waals surface area contributed by atoms with Crippen LogP contribution >= 0.6 is 11.8 Å². The van der Waals surface area contributed by atoms with Gasteiger partial charge in [-0.25, -0.2) is 8.42 Å². The molecule has 1 fully saturated rings. The lowest BCUT2D eigenvalue weighted by Crippen LogP contribution is -2.42. The molecule has 3 rings (SSSR count). The Morgan fingerprint density at radius 2 is 1.88 bits per heavy atom. The third kappa shape index (κ3) is 4.48. The number of benzene rings is 2. The van der Waals surface area contributed by atoms with Crippen molar-refractivity contribution in [3.05, 3.63) is 59.7 Å². The summed E-state index contributed by atoms with van der Waals surface area (Å²) < 4.78 is 23.8. The number of aryl methyl sites for hydroxylation is 2. The Morgan fingerprint density at radius 3 is 2.54 bits per heavy atom. The summed E-state index contributed by atoms with van der Waals surface area (Å²) in [6.07, 6.45) is 0.497. The molecule has 1 heterocycles. The molecule has 2 aromatic rings. The number of sulfone groups is 1. The van der Waals surface area contributed by atoms with Gasteiger partial charge in [0.2, 0.25) is 5.91 Å². The van der Waals surface area contributed by atoms with Crippen LogP contribution in [0.2, 0.25) is 0 Å². The van der Waals surface area contributed by atoms with Gasteiger partial charge >= 0.3 is 0 Å². The minimum absolute atomic E-state index is 0.0434. The van der Waals surface area contributed by atoms with Crippen LogP contribution in [-0.4, -0.2) is 37.6 Å². The van der Waals surface area contributed by atoms with Crippen LogP contribution in [0, 0.1) is 13.8 Å². The predicted octanol–water partition coefficient (Wildman–Crippen LogP) is 3.62. The summed E-state index contributed by atoms with van der Waals surface area (Å²) in [5.41, 5.74) is 3.07. The highest BCUT2D eigenvalue weighted by Crippen LogP contribution is 2.28. The molecule has 0 N–H and O–H groups in total. The van der Waals surface area contributed by atoms with Crippen LogP contribution < -0.4 is 4.90 Å². The average Bonchev–Trinajstić information content (AvgIpc) is 2.96. The Kier molecular flexibility index (Phi) is 5.73. The molecular formula is C20H23NO3S2. The molecule has 0 radical (unpaired) electrons. The highest BCUT2D eigenvalue weighted by Gasteiger charge is 2.35. The minimum atomic E-state index is -3.06. The van der Waals surface area contributed by atoms with Gasteiger partial charge in [-0.15, -0.1) is 11.8 Å². The van der Waals surface area contributed by atoms with Gasteiger partial charge in [-0.3, -0.25) is 4.79 Å². The zero-order chi connectivity index (χ0) is 18.7. The van der Waals surface area contributed by atoms with E-state index in [1.165, 1.54) is 11.8 Å². The Morgan fingerprint density at radius 1 is 1.15 bits per heavy atom. The fraction of sp³-hybridized carbons (Fsp3) is 0.350. The summed E-state index contributed by atoms with van der Waals surface area (Å²) in [7, 11) is -3.06. The highest BCUT2D eigenvalue weighted by atomic mass is 32.2.